The molecule has 4 heterocycles. The van der Waals surface area contributed by atoms with Crippen LogP contribution in [0, 0.1) is 5.92 Å². The first-order valence-corrected chi connectivity index (χ1v) is 9.47. The van der Waals surface area contributed by atoms with E-state index < -0.39 is 0 Å². The summed E-state index contributed by atoms with van der Waals surface area (Å²) in [4.78, 5) is 11.2. The van der Waals surface area contributed by atoms with Crippen LogP contribution in [0.1, 0.15) is 28.1 Å². The molecule has 0 unspecified atom stereocenters. The lowest BCUT2D eigenvalue weighted by Crippen LogP contribution is -2.35. The Bertz CT molecular complexity index is 656. The number of hydrogen-bond acceptors (Lipinski definition) is 6. The van der Waals surface area contributed by atoms with Gasteiger partial charge in [-0.15, -0.1) is 11.3 Å². The first-order valence-electron chi connectivity index (χ1n) is 8.59. The number of pyridine rings is 1. The van der Waals surface area contributed by atoms with Crippen molar-refractivity contribution >= 4 is 11.3 Å². The van der Waals surface area contributed by atoms with Crippen LogP contribution in [0.5, 0.6) is 0 Å². The van der Waals surface area contributed by atoms with Gasteiger partial charge in [-0.2, -0.15) is 0 Å². The van der Waals surface area contributed by atoms with Gasteiger partial charge in [-0.1, -0.05) is 0 Å². The number of fused-ring (bicyclic) bond motifs is 1. The van der Waals surface area contributed by atoms with E-state index in [1.165, 1.54) is 23.1 Å². The van der Waals surface area contributed by atoms with E-state index in [9.17, 15) is 0 Å². The van der Waals surface area contributed by atoms with Gasteiger partial charge in [0.25, 0.3) is 0 Å². The van der Waals surface area contributed by atoms with Crippen molar-refractivity contribution in [3.05, 3.63) is 45.7 Å². The van der Waals surface area contributed by atoms with Crippen LogP contribution in [0.4, 0.5) is 0 Å². The Morgan fingerprint density at radius 3 is 3.17 bits per heavy atom. The van der Waals surface area contributed by atoms with E-state index >= 15 is 0 Å². The minimum atomic E-state index is 0.579. The lowest BCUT2D eigenvalue weighted by atomic mass is 9.96. The Balaban J connectivity index is 1.36. The second kappa shape index (κ2) is 7.70. The van der Waals surface area contributed by atoms with E-state index in [1.807, 2.05) is 24.0 Å². The van der Waals surface area contributed by atoms with Gasteiger partial charge in [-0.3, -0.25) is 9.88 Å². The van der Waals surface area contributed by atoms with Crippen LogP contribution in [0.25, 0.3) is 0 Å². The fourth-order valence-corrected chi connectivity index (χ4v) is 4.12. The van der Waals surface area contributed by atoms with Gasteiger partial charge in [0.15, 0.2) is 0 Å². The fourth-order valence-electron chi connectivity index (χ4n) is 3.57. The normalized spacial score (nSPS) is 21.1. The SMILES string of the molecule is c1csc(COCc2cncc3c2CCN(C[C@H]2CCOC2)C3)n1. The highest BCUT2D eigenvalue weighted by molar-refractivity contribution is 7.09. The summed E-state index contributed by atoms with van der Waals surface area (Å²) < 4.78 is 11.3. The quantitative estimate of drug-likeness (QED) is 0.805. The Morgan fingerprint density at radius 2 is 2.33 bits per heavy atom. The predicted octanol–water partition coefficient (Wildman–Crippen LogP) is 2.65. The van der Waals surface area contributed by atoms with Crippen LogP contribution in [0.15, 0.2) is 24.0 Å². The Labute approximate surface area is 146 Å². The first kappa shape index (κ1) is 16.1. The number of ether oxygens (including phenoxy) is 2. The van der Waals surface area contributed by atoms with Gasteiger partial charge in [0.05, 0.1) is 19.8 Å². The van der Waals surface area contributed by atoms with Crippen molar-refractivity contribution in [1.29, 1.82) is 0 Å². The van der Waals surface area contributed by atoms with Crippen molar-refractivity contribution in [3.8, 4) is 0 Å². The number of thiazole rings is 1. The molecule has 0 spiro atoms. The molecule has 0 aliphatic carbocycles. The molecule has 2 aromatic rings. The second-order valence-corrected chi connectivity index (χ2v) is 7.55. The maximum atomic E-state index is 5.84. The summed E-state index contributed by atoms with van der Waals surface area (Å²) in [5, 5.41) is 3.01. The molecule has 5 nitrogen and oxygen atoms in total. The van der Waals surface area contributed by atoms with Crippen molar-refractivity contribution in [3.63, 3.8) is 0 Å². The zero-order valence-corrected chi connectivity index (χ0v) is 14.6. The lowest BCUT2D eigenvalue weighted by Gasteiger charge is -2.31. The minimum absolute atomic E-state index is 0.579. The number of nitrogens with zero attached hydrogens (tertiary/aromatic N) is 3. The molecule has 0 N–H and O–H groups in total. The summed E-state index contributed by atoms with van der Waals surface area (Å²) in [6, 6.07) is 0. The maximum absolute atomic E-state index is 5.84. The molecule has 0 aromatic carbocycles. The van der Waals surface area contributed by atoms with Gasteiger partial charge in [0.2, 0.25) is 0 Å². The van der Waals surface area contributed by atoms with Gasteiger partial charge in [0, 0.05) is 50.2 Å². The fraction of sp³-hybridized carbons (Fsp3) is 0.556. The molecule has 1 fully saturated rings. The van der Waals surface area contributed by atoms with E-state index in [4.69, 9.17) is 9.47 Å². The van der Waals surface area contributed by atoms with Crippen molar-refractivity contribution in [2.24, 2.45) is 5.92 Å². The lowest BCUT2D eigenvalue weighted by molar-refractivity contribution is 0.105. The number of aromatic nitrogens is 2. The highest BCUT2D eigenvalue weighted by Gasteiger charge is 2.23. The standard InChI is InChI=1S/C18H23N3O2S/c1-4-21(9-14-2-5-22-11-14)10-15-7-19-8-16(17(1)15)12-23-13-18-20-3-6-24-18/h3,6-8,14H,1-2,4-5,9-13H2/t14-/m1/s1. The third-order valence-electron chi connectivity index (χ3n) is 4.81. The van der Waals surface area contributed by atoms with E-state index in [-0.39, 0.29) is 0 Å². The van der Waals surface area contributed by atoms with Gasteiger partial charge >= 0.3 is 0 Å². The summed E-state index contributed by atoms with van der Waals surface area (Å²) >= 11 is 1.63. The van der Waals surface area contributed by atoms with Crippen molar-refractivity contribution in [1.82, 2.24) is 14.9 Å². The molecule has 1 atom stereocenters. The summed E-state index contributed by atoms with van der Waals surface area (Å²) in [5.74, 6) is 0.698. The highest BCUT2D eigenvalue weighted by Crippen LogP contribution is 2.24. The van der Waals surface area contributed by atoms with Gasteiger partial charge < -0.3 is 9.47 Å². The maximum Gasteiger partial charge on any atom is 0.118 e. The van der Waals surface area contributed by atoms with Gasteiger partial charge in [-0.25, -0.2) is 4.98 Å². The van der Waals surface area contributed by atoms with Crippen LogP contribution in [-0.2, 0) is 35.7 Å². The third-order valence-corrected chi connectivity index (χ3v) is 5.57. The zero-order valence-electron chi connectivity index (χ0n) is 13.8. The molecule has 6 heteroatoms. The molecule has 2 aromatic heterocycles. The Morgan fingerprint density at radius 1 is 1.33 bits per heavy atom. The molecule has 128 valence electrons. The van der Waals surface area contributed by atoms with Gasteiger partial charge in [-0.05, 0) is 35.4 Å². The highest BCUT2D eigenvalue weighted by atomic mass is 32.1. The smallest absolute Gasteiger partial charge is 0.118 e. The Hall–Kier alpha value is -1.34. The van der Waals surface area contributed by atoms with Gasteiger partial charge in [0.1, 0.15) is 5.01 Å². The molecular formula is C18H23N3O2S. The van der Waals surface area contributed by atoms with E-state index in [1.54, 1.807) is 11.3 Å². The molecule has 2 aliphatic heterocycles. The average Bonchev–Trinajstić information content (AvgIpc) is 3.29. The molecule has 4 rings (SSSR count). The van der Waals surface area contributed by atoms with Crippen molar-refractivity contribution < 1.29 is 9.47 Å². The predicted molar refractivity (Wildman–Crippen MR) is 92.8 cm³/mol. The van der Waals surface area contributed by atoms with Crippen LogP contribution in [0.2, 0.25) is 0 Å². The second-order valence-electron chi connectivity index (χ2n) is 6.57. The van der Waals surface area contributed by atoms with Crippen molar-refractivity contribution in [2.45, 2.75) is 32.6 Å². The summed E-state index contributed by atoms with van der Waals surface area (Å²) in [5.41, 5.74) is 4.02. The largest absolute Gasteiger partial charge is 0.381 e. The van der Waals surface area contributed by atoms with E-state index in [0.29, 0.717) is 19.1 Å². The Kier molecular flexibility index (Phi) is 5.18. The molecule has 0 saturated carbocycles. The van der Waals surface area contributed by atoms with Crippen LogP contribution >= 0.6 is 11.3 Å². The molecule has 0 bridgehead atoms. The van der Waals surface area contributed by atoms with Crippen molar-refractivity contribution in [2.75, 3.05) is 26.3 Å². The molecule has 24 heavy (non-hydrogen) atoms. The molecule has 0 radical (unpaired) electrons. The summed E-state index contributed by atoms with van der Waals surface area (Å²) in [6.45, 7) is 6.31. The van der Waals surface area contributed by atoms with Crippen LogP contribution in [0.3, 0.4) is 0 Å². The molecular weight excluding hydrogens is 322 g/mol. The number of hydrogen-bond donors (Lipinski definition) is 0. The average molecular weight is 345 g/mol. The van der Waals surface area contributed by atoms with Crippen LogP contribution < -0.4 is 0 Å². The number of rotatable bonds is 6. The molecule has 1 saturated heterocycles. The monoisotopic (exact) mass is 345 g/mol. The minimum Gasteiger partial charge on any atom is -0.381 e. The molecule has 2 aliphatic rings. The zero-order chi connectivity index (χ0) is 16.2. The first-order chi connectivity index (χ1) is 11.9. The third kappa shape index (κ3) is 3.83. The summed E-state index contributed by atoms with van der Waals surface area (Å²) in [7, 11) is 0. The topological polar surface area (TPSA) is 47.5 Å². The van der Waals surface area contributed by atoms with Crippen LogP contribution in [-0.4, -0.2) is 41.2 Å². The van der Waals surface area contributed by atoms with E-state index in [0.717, 1.165) is 44.3 Å². The van der Waals surface area contributed by atoms with E-state index in [2.05, 4.69) is 14.9 Å². The molecule has 0 amide bonds. The summed E-state index contributed by atoms with van der Waals surface area (Å²) in [6.07, 6.45) is 8.09.